The third kappa shape index (κ3) is 4.43. The number of aromatic nitrogens is 5. The zero-order chi connectivity index (χ0) is 21.7. The highest BCUT2D eigenvalue weighted by Crippen LogP contribution is 2.47. The zero-order valence-corrected chi connectivity index (χ0v) is 17.2. The second kappa shape index (κ2) is 8.95. The number of carbonyl (C=O) groups is 1. The predicted octanol–water partition coefficient (Wildman–Crippen LogP) is 3.25. The molecule has 1 atom stereocenters. The molecule has 9 heteroatoms. The number of aldehydes is 1. The summed E-state index contributed by atoms with van der Waals surface area (Å²) in [6.45, 7) is 4.66. The number of hydrogen-bond donors (Lipinski definition) is 2. The number of terminal acetylenes is 1. The smallest absolute Gasteiger partial charge is 0.245 e. The number of hydrogen-bond acceptors (Lipinski definition) is 6. The van der Waals surface area contributed by atoms with Crippen LogP contribution in [-0.4, -0.2) is 50.3 Å². The van der Waals surface area contributed by atoms with Crippen molar-refractivity contribution in [3.8, 4) is 12.8 Å². The second-order valence-corrected chi connectivity index (χ2v) is 7.52. The maximum Gasteiger partial charge on any atom is 0.245 e. The highest BCUT2D eigenvalue weighted by molar-refractivity contribution is 5.73. The Morgan fingerprint density at radius 2 is 2.13 bits per heavy atom. The molecule has 0 aromatic carbocycles. The number of nitrogens with zero attached hydrogens (tertiary/aromatic N) is 5. The molecule has 5 rings (SSSR count). The number of fused-ring (bicyclic) bond motifs is 1. The molecule has 3 aromatic rings. The Bertz CT molecular complexity index is 1020. The standard InChI is InChI=1S/C17H20FN7.C2H4O.C2H2/c1-17(5-6-17)13-9-14(22-21-13)19-15-12-3-2-7-25(12)23-16(20-15)24-8-4-11(18)10-24;1-2-3;1-2/h2-3,7,9,11H,4-6,8,10H2,1H3,(H2,19,20,21,22,23);2H,1H3;1-2H/t11-;;/m1../s1. The topological polar surface area (TPSA) is 91.2 Å². The first-order valence-corrected chi connectivity index (χ1v) is 9.83. The summed E-state index contributed by atoms with van der Waals surface area (Å²) in [6, 6.07) is 5.91. The lowest BCUT2D eigenvalue weighted by molar-refractivity contribution is -0.106. The van der Waals surface area contributed by atoms with E-state index in [-0.39, 0.29) is 5.41 Å². The molecule has 2 N–H and O–H groups in total. The maximum atomic E-state index is 13.5. The molecule has 4 heterocycles. The largest absolute Gasteiger partial charge is 0.336 e. The van der Waals surface area contributed by atoms with Crippen LogP contribution in [0, 0.1) is 12.8 Å². The first kappa shape index (κ1) is 21.3. The fourth-order valence-electron chi connectivity index (χ4n) is 3.32. The minimum atomic E-state index is -0.812. The van der Waals surface area contributed by atoms with Crippen LogP contribution in [0.2, 0.25) is 0 Å². The number of carbonyl (C=O) groups excluding carboxylic acids is 1. The van der Waals surface area contributed by atoms with Crippen molar-refractivity contribution in [1.82, 2.24) is 24.8 Å². The summed E-state index contributed by atoms with van der Waals surface area (Å²) >= 11 is 0. The van der Waals surface area contributed by atoms with Gasteiger partial charge in [-0.05, 0) is 38.3 Å². The molecule has 0 amide bonds. The van der Waals surface area contributed by atoms with Gasteiger partial charge in [0.05, 0.1) is 6.54 Å². The van der Waals surface area contributed by atoms with Crippen molar-refractivity contribution < 1.29 is 9.18 Å². The van der Waals surface area contributed by atoms with Gasteiger partial charge in [-0.2, -0.15) is 10.1 Å². The minimum absolute atomic E-state index is 0.236. The van der Waals surface area contributed by atoms with Gasteiger partial charge >= 0.3 is 0 Å². The molecule has 2 aliphatic rings. The average molecular weight is 411 g/mol. The molecule has 3 aromatic heterocycles. The van der Waals surface area contributed by atoms with Crippen LogP contribution in [0.4, 0.5) is 22.0 Å². The van der Waals surface area contributed by atoms with Crippen molar-refractivity contribution in [2.75, 3.05) is 23.3 Å². The summed E-state index contributed by atoms with van der Waals surface area (Å²) in [6.07, 6.45) is 12.7. The van der Waals surface area contributed by atoms with Crippen LogP contribution in [0.25, 0.3) is 5.52 Å². The average Bonchev–Trinajstić information content (AvgIpc) is 3.18. The lowest BCUT2D eigenvalue weighted by Crippen LogP contribution is -2.23. The molecule has 1 aliphatic heterocycles. The van der Waals surface area contributed by atoms with E-state index in [1.807, 2.05) is 29.3 Å². The van der Waals surface area contributed by atoms with Gasteiger partial charge in [-0.15, -0.1) is 17.9 Å². The Labute approximate surface area is 174 Å². The summed E-state index contributed by atoms with van der Waals surface area (Å²) < 4.78 is 15.3. The van der Waals surface area contributed by atoms with Gasteiger partial charge in [0, 0.05) is 29.9 Å². The van der Waals surface area contributed by atoms with E-state index in [9.17, 15) is 4.39 Å². The van der Waals surface area contributed by atoms with E-state index in [0.29, 0.717) is 31.3 Å². The van der Waals surface area contributed by atoms with Crippen LogP contribution < -0.4 is 10.2 Å². The molecule has 1 aliphatic carbocycles. The van der Waals surface area contributed by atoms with E-state index in [1.165, 1.54) is 19.8 Å². The van der Waals surface area contributed by atoms with Gasteiger partial charge in [-0.3, -0.25) is 5.10 Å². The molecule has 30 heavy (non-hydrogen) atoms. The van der Waals surface area contributed by atoms with Crippen molar-refractivity contribution in [2.24, 2.45) is 0 Å². The molecular weight excluding hydrogens is 385 g/mol. The number of anilines is 3. The van der Waals surface area contributed by atoms with Crippen LogP contribution in [0.15, 0.2) is 24.4 Å². The van der Waals surface area contributed by atoms with Crippen molar-refractivity contribution in [3.63, 3.8) is 0 Å². The summed E-state index contributed by atoms with van der Waals surface area (Å²) in [4.78, 5) is 15.3. The van der Waals surface area contributed by atoms with E-state index in [4.69, 9.17) is 4.79 Å². The summed E-state index contributed by atoms with van der Waals surface area (Å²) in [5.74, 6) is 1.95. The lowest BCUT2D eigenvalue weighted by Gasteiger charge is -2.16. The molecule has 0 unspecified atom stereocenters. The van der Waals surface area contributed by atoms with E-state index in [2.05, 4.69) is 45.4 Å². The first-order chi connectivity index (χ1) is 14.5. The molecule has 0 bridgehead atoms. The Kier molecular flexibility index (Phi) is 6.35. The molecular formula is C21H26FN7O. The van der Waals surface area contributed by atoms with Gasteiger partial charge in [0.25, 0.3) is 0 Å². The Morgan fingerprint density at radius 1 is 1.40 bits per heavy atom. The number of nitrogens with one attached hydrogen (secondary N) is 2. The highest BCUT2D eigenvalue weighted by Gasteiger charge is 2.40. The highest BCUT2D eigenvalue weighted by atomic mass is 19.1. The lowest BCUT2D eigenvalue weighted by atomic mass is 10.1. The molecule has 1 saturated carbocycles. The summed E-state index contributed by atoms with van der Waals surface area (Å²) in [7, 11) is 0. The minimum Gasteiger partial charge on any atom is -0.336 e. The molecule has 2 fully saturated rings. The van der Waals surface area contributed by atoms with Gasteiger partial charge in [0.15, 0.2) is 11.6 Å². The van der Waals surface area contributed by atoms with Gasteiger partial charge in [-0.1, -0.05) is 6.92 Å². The summed E-state index contributed by atoms with van der Waals surface area (Å²) in [5, 5.41) is 15.3. The number of aromatic amines is 1. The van der Waals surface area contributed by atoms with Crippen LogP contribution >= 0.6 is 0 Å². The second-order valence-electron chi connectivity index (χ2n) is 7.52. The fourth-order valence-corrected chi connectivity index (χ4v) is 3.32. The number of alkyl halides is 1. The van der Waals surface area contributed by atoms with E-state index in [1.54, 1.807) is 4.52 Å². The quantitative estimate of drug-likeness (QED) is 0.506. The third-order valence-corrected chi connectivity index (χ3v) is 5.27. The molecule has 0 radical (unpaired) electrons. The Morgan fingerprint density at radius 3 is 2.77 bits per heavy atom. The van der Waals surface area contributed by atoms with Gasteiger partial charge in [0.2, 0.25) is 5.95 Å². The van der Waals surface area contributed by atoms with E-state index < -0.39 is 6.17 Å². The number of rotatable bonds is 4. The SMILES string of the molecule is C#C.CC1(c2cc(Nc3nc(N4CC[C@@H](F)C4)nn4cccc34)n[nH]2)CC1.CC=O. The van der Waals surface area contributed by atoms with Gasteiger partial charge in [0.1, 0.15) is 18.0 Å². The number of H-pyrrole nitrogens is 1. The zero-order valence-electron chi connectivity index (χ0n) is 17.2. The molecule has 8 nitrogen and oxygen atoms in total. The Hall–Kier alpha value is -3.41. The van der Waals surface area contributed by atoms with Crippen LogP contribution in [-0.2, 0) is 10.2 Å². The van der Waals surface area contributed by atoms with Gasteiger partial charge < -0.3 is 15.0 Å². The van der Waals surface area contributed by atoms with Crippen molar-refractivity contribution in [3.05, 3.63) is 30.1 Å². The van der Waals surface area contributed by atoms with Crippen LogP contribution in [0.1, 0.15) is 38.8 Å². The molecule has 1 saturated heterocycles. The monoisotopic (exact) mass is 411 g/mol. The first-order valence-electron chi connectivity index (χ1n) is 9.83. The predicted molar refractivity (Wildman–Crippen MR) is 115 cm³/mol. The van der Waals surface area contributed by atoms with Crippen molar-refractivity contribution in [2.45, 2.75) is 44.7 Å². The third-order valence-electron chi connectivity index (χ3n) is 5.27. The normalized spacial score (nSPS) is 18.7. The fraction of sp³-hybridized carbons (Fsp3) is 0.429. The van der Waals surface area contributed by atoms with Crippen molar-refractivity contribution in [1.29, 1.82) is 0 Å². The van der Waals surface area contributed by atoms with Crippen LogP contribution in [0.3, 0.4) is 0 Å². The Balaban J connectivity index is 0.000000473. The van der Waals surface area contributed by atoms with E-state index >= 15 is 0 Å². The molecule has 0 spiro atoms. The molecule has 158 valence electrons. The van der Waals surface area contributed by atoms with E-state index in [0.717, 1.165) is 23.3 Å². The van der Waals surface area contributed by atoms with Crippen LogP contribution in [0.5, 0.6) is 0 Å². The summed E-state index contributed by atoms with van der Waals surface area (Å²) in [5.41, 5.74) is 2.25. The number of halogens is 1. The van der Waals surface area contributed by atoms with Crippen molar-refractivity contribution >= 4 is 29.4 Å². The van der Waals surface area contributed by atoms with Gasteiger partial charge in [-0.25, -0.2) is 8.91 Å². The maximum absolute atomic E-state index is 13.5.